The van der Waals surface area contributed by atoms with Crippen molar-refractivity contribution < 1.29 is 10.0 Å². The van der Waals surface area contributed by atoms with Crippen LogP contribution in [0.4, 0.5) is 0 Å². The molecule has 0 heterocycles. The number of hydrogen-bond donors (Lipinski definition) is 3. The van der Waals surface area contributed by atoms with E-state index in [9.17, 15) is 0 Å². The first kappa shape index (κ1) is 11.7. The third kappa shape index (κ3) is 9.68. The lowest BCUT2D eigenvalue weighted by molar-refractivity contribution is 0.424. The standard InChI is InChI=1S/C8H18BNO2/c10-8-6-4-2-1-3-5-7-9(11)12/h5,7,11-12H,1-4,6,8,10H2/b7-5+. The van der Waals surface area contributed by atoms with E-state index in [1.165, 1.54) is 18.8 Å². The molecule has 0 rings (SSSR count). The maximum atomic E-state index is 8.45. The van der Waals surface area contributed by atoms with Crippen LogP contribution in [0.2, 0.25) is 0 Å². The molecule has 0 aliphatic rings. The van der Waals surface area contributed by atoms with Gasteiger partial charge in [-0.2, -0.15) is 0 Å². The summed E-state index contributed by atoms with van der Waals surface area (Å²) in [5, 5.41) is 16.9. The topological polar surface area (TPSA) is 66.5 Å². The van der Waals surface area contributed by atoms with Crippen molar-refractivity contribution in [3.63, 3.8) is 0 Å². The van der Waals surface area contributed by atoms with Crippen molar-refractivity contribution in [3.05, 3.63) is 12.1 Å². The molecule has 0 spiro atoms. The number of rotatable bonds is 7. The smallest absolute Gasteiger partial charge is 0.424 e. The zero-order valence-electron chi connectivity index (χ0n) is 7.45. The van der Waals surface area contributed by atoms with Gasteiger partial charge in [0.25, 0.3) is 0 Å². The Morgan fingerprint density at radius 1 is 1.08 bits per heavy atom. The molecule has 0 aliphatic carbocycles. The predicted octanol–water partition coefficient (Wildman–Crippen LogP) is 0.464. The van der Waals surface area contributed by atoms with Crippen LogP contribution in [0.25, 0.3) is 0 Å². The van der Waals surface area contributed by atoms with Gasteiger partial charge in [-0.3, -0.25) is 0 Å². The minimum absolute atomic E-state index is 0.769. The average molecular weight is 171 g/mol. The van der Waals surface area contributed by atoms with Gasteiger partial charge in [-0.1, -0.05) is 24.9 Å². The molecule has 0 aromatic rings. The van der Waals surface area contributed by atoms with Gasteiger partial charge >= 0.3 is 7.12 Å². The SMILES string of the molecule is NCCCCCC/C=C/B(O)O. The number of hydrogen-bond acceptors (Lipinski definition) is 3. The highest BCUT2D eigenvalue weighted by Crippen LogP contribution is 2.02. The zero-order valence-corrected chi connectivity index (χ0v) is 7.45. The van der Waals surface area contributed by atoms with Crippen molar-refractivity contribution in [2.45, 2.75) is 32.1 Å². The van der Waals surface area contributed by atoms with Crippen molar-refractivity contribution in [1.29, 1.82) is 0 Å². The summed E-state index contributed by atoms with van der Waals surface area (Å²) in [5.41, 5.74) is 5.33. The number of nitrogens with two attached hydrogens (primary N) is 1. The van der Waals surface area contributed by atoms with Gasteiger partial charge in [-0.25, -0.2) is 0 Å². The normalized spacial score (nSPS) is 10.9. The fourth-order valence-corrected chi connectivity index (χ4v) is 0.978. The van der Waals surface area contributed by atoms with Crippen molar-refractivity contribution >= 4 is 7.12 Å². The van der Waals surface area contributed by atoms with Gasteiger partial charge in [-0.05, 0) is 25.8 Å². The van der Waals surface area contributed by atoms with Gasteiger partial charge in [0.1, 0.15) is 0 Å². The first-order valence-corrected chi connectivity index (χ1v) is 4.50. The first-order chi connectivity index (χ1) is 5.77. The Balaban J connectivity index is 3.00. The van der Waals surface area contributed by atoms with Crippen molar-refractivity contribution in [3.8, 4) is 0 Å². The summed E-state index contributed by atoms with van der Waals surface area (Å²) in [6.45, 7) is 0.769. The third-order valence-electron chi connectivity index (χ3n) is 1.63. The largest absolute Gasteiger partial charge is 0.480 e. The lowest BCUT2D eigenvalue weighted by Gasteiger charge is -1.95. The highest BCUT2D eigenvalue weighted by Gasteiger charge is 1.96. The van der Waals surface area contributed by atoms with Crippen LogP contribution in [0.5, 0.6) is 0 Å². The Labute approximate surface area is 74.4 Å². The van der Waals surface area contributed by atoms with Gasteiger partial charge in [0.15, 0.2) is 0 Å². The molecule has 0 saturated carbocycles. The summed E-state index contributed by atoms with van der Waals surface area (Å²) >= 11 is 0. The summed E-state index contributed by atoms with van der Waals surface area (Å²) in [4.78, 5) is 0. The molecule has 0 aromatic heterocycles. The van der Waals surface area contributed by atoms with E-state index in [-0.39, 0.29) is 0 Å². The molecule has 0 fully saturated rings. The molecule has 70 valence electrons. The maximum absolute atomic E-state index is 8.45. The molecule has 0 saturated heterocycles. The zero-order chi connectivity index (χ0) is 9.23. The van der Waals surface area contributed by atoms with Gasteiger partial charge < -0.3 is 15.8 Å². The van der Waals surface area contributed by atoms with E-state index in [0.717, 1.165) is 25.8 Å². The highest BCUT2D eigenvalue weighted by molar-refractivity contribution is 6.47. The van der Waals surface area contributed by atoms with E-state index in [1.54, 1.807) is 6.08 Å². The van der Waals surface area contributed by atoms with Gasteiger partial charge in [0.2, 0.25) is 0 Å². The van der Waals surface area contributed by atoms with Crippen LogP contribution in [0.1, 0.15) is 32.1 Å². The Morgan fingerprint density at radius 3 is 2.33 bits per heavy atom. The Hall–Kier alpha value is -0.315. The fraction of sp³-hybridized carbons (Fsp3) is 0.750. The quantitative estimate of drug-likeness (QED) is 0.385. The van der Waals surface area contributed by atoms with Crippen LogP contribution in [0, 0.1) is 0 Å². The van der Waals surface area contributed by atoms with E-state index >= 15 is 0 Å². The van der Waals surface area contributed by atoms with Gasteiger partial charge in [0.05, 0.1) is 0 Å². The molecule has 0 aromatic carbocycles. The molecule has 0 bridgehead atoms. The van der Waals surface area contributed by atoms with E-state index < -0.39 is 7.12 Å². The number of unbranched alkanes of at least 4 members (excludes halogenated alkanes) is 4. The van der Waals surface area contributed by atoms with Crippen molar-refractivity contribution in [2.24, 2.45) is 5.73 Å². The van der Waals surface area contributed by atoms with Crippen LogP contribution >= 0.6 is 0 Å². The molecule has 0 atom stereocenters. The lowest BCUT2D eigenvalue weighted by Crippen LogP contribution is -2.05. The van der Waals surface area contributed by atoms with Crippen LogP contribution in [0.3, 0.4) is 0 Å². The second-order valence-corrected chi connectivity index (χ2v) is 2.83. The predicted molar refractivity (Wildman–Crippen MR) is 51.5 cm³/mol. The third-order valence-corrected chi connectivity index (χ3v) is 1.63. The van der Waals surface area contributed by atoms with Gasteiger partial charge in [0, 0.05) is 0 Å². The van der Waals surface area contributed by atoms with Crippen LogP contribution in [-0.4, -0.2) is 23.7 Å². The Bertz CT molecular complexity index is 118. The maximum Gasteiger partial charge on any atom is 0.480 e. The minimum Gasteiger partial charge on any atom is -0.424 e. The van der Waals surface area contributed by atoms with E-state index in [4.69, 9.17) is 15.8 Å². The fourth-order valence-electron chi connectivity index (χ4n) is 0.978. The molecule has 12 heavy (non-hydrogen) atoms. The molecular formula is C8H18BNO2. The lowest BCUT2D eigenvalue weighted by atomic mass is 9.91. The van der Waals surface area contributed by atoms with E-state index in [1.807, 2.05) is 0 Å². The van der Waals surface area contributed by atoms with Crippen molar-refractivity contribution in [1.82, 2.24) is 0 Å². The molecular weight excluding hydrogens is 153 g/mol. The van der Waals surface area contributed by atoms with Crippen molar-refractivity contribution in [2.75, 3.05) is 6.54 Å². The summed E-state index contributed by atoms with van der Waals surface area (Å²) in [7, 11) is -1.30. The molecule has 3 nitrogen and oxygen atoms in total. The van der Waals surface area contributed by atoms with Crippen LogP contribution < -0.4 is 5.73 Å². The Morgan fingerprint density at radius 2 is 1.75 bits per heavy atom. The summed E-state index contributed by atoms with van der Waals surface area (Å²) < 4.78 is 0. The summed E-state index contributed by atoms with van der Waals surface area (Å²) in [6, 6.07) is 0. The molecule has 4 heteroatoms. The molecule has 0 aliphatic heterocycles. The second kappa shape index (κ2) is 8.78. The molecule has 0 amide bonds. The van der Waals surface area contributed by atoms with Crippen LogP contribution in [0.15, 0.2) is 12.1 Å². The first-order valence-electron chi connectivity index (χ1n) is 4.50. The van der Waals surface area contributed by atoms with Crippen LogP contribution in [-0.2, 0) is 0 Å². The second-order valence-electron chi connectivity index (χ2n) is 2.83. The molecule has 0 unspecified atom stereocenters. The minimum atomic E-state index is -1.30. The van der Waals surface area contributed by atoms with Gasteiger partial charge in [-0.15, -0.1) is 0 Å². The van der Waals surface area contributed by atoms with E-state index in [2.05, 4.69) is 0 Å². The van der Waals surface area contributed by atoms with E-state index in [0.29, 0.717) is 0 Å². The number of allylic oxidation sites excluding steroid dienone is 1. The monoisotopic (exact) mass is 171 g/mol. The molecule has 0 radical (unpaired) electrons. The molecule has 4 N–H and O–H groups in total. The summed E-state index contributed by atoms with van der Waals surface area (Å²) in [5.74, 6) is 1.39. The summed E-state index contributed by atoms with van der Waals surface area (Å²) in [6.07, 6.45) is 7.25. The Kier molecular flexibility index (Phi) is 8.55. The highest BCUT2D eigenvalue weighted by atomic mass is 16.4. The average Bonchev–Trinajstić information content (AvgIpc) is 2.02.